The fourth-order valence-corrected chi connectivity index (χ4v) is 4.85. The van der Waals surface area contributed by atoms with Crippen molar-refractivity contribution in [2.45, 2.75) is 57.5 Å². The smallest absolute Gasteiger partial charge is 0.231 e. The largest absolute Gasteiger partial charge is 0.495 e. The van der Waals surface area contributed by atoms with Crippen LogP contribution in [0, 0.1) is 11.8 Å². The minimum atomic E-state index is -0.233. The van der Waals surface area contributed by atoms with E-state index < -0.39 is 0 Å². The van der Waals surface area contributed by atoms with Crippen LogP contribution in [0.25, 0.3) is 11.2 Å². The van der Waals surface area contributed by atoms with Gasteiger partial charge in [0.25, 0.3) is 0 Å². The number of H-pyrrole nitrogens is 1. The minimum absolute atomic E-state index is 0.233. The van der Waals surface area contributed by atoms with Crippen LogP contribution < -0.4 is 15.4 Å². The third-order valence-electron chi connectivity index (χ3n) is 6.99. The number of imidazole rings is 1. The molecule has 3 aromatic rings. The van der Waals surface area contributed by atoms with Gasteiger partial charge in [0.2, 0.25) is 5.95 Å². The Balaban J connectivity index is 1.36. The lowest BCUT2D eigenvalue weighted by Gasteiger charge is -2.37. The monoisotopic (exact) mass is 489 g/mol. The molecule has 3 N–H and O–H groups in total. The van der Waals surface area contributed by atoms with Crippen LogP contribution in [0.1, 0.15) is 51.5 Å². The van der Waals surface area contributed by atoms with Crippen LogP contribution in [0.5, 0.6) is 5.75 Å². The van der Waals surface area contributed by atoms with Crippen molar-refractivity contribution in [3.8, 4) is 17.6 Å². The summed E-state index contributed by atoms with van der Waals surface area (Å²) in [4.78, 5) is 19.3. The molecule has 0 radical (unpaired) electrons. The standard InChI is InChI=1S/C27H35N7O2/c1-27(2,34-13-15-36-16-14-34)12-11-19-9-10-21(22(17-19)35-3)31-26-32-24-23(28-18-29-24)25(33-26)30-20-7-5-4-6-8-20/h9-10,17-18,20H,4-8,13-16H2,1-3H3,(H3,28,29,30,31,32,33). The van der Waals surface area contributed by atoms with Crippen LogP contribution in [0.2, 0.25) is 0 Å². The van der Waals surface area contributed by atoms with Crippen LogP contribution >= 0.6 is 0 Å². The second kappa shape index (κ2) is 10.7. The third-order valence-corrected chi connectivity index (χ3v) is 6.99. The maximum atomic E-state index is 5.68. The number of nitrogens with zero attached hydrogens (tertiary/aromatic N) is 4. The van der Waals surface area contributed by atoms with Crippen molar-refractivity contribution < 1.29 is 9.47 Å². The third kappa shape index (κ3) is 5.55. The molecule has 2 fully saturated rings. The number of rotatable bonds is 6. The molecule has 2 aromatic heterocycles. The number of anilines is 3. The molecule has 0 spiro atoms. The Bertz CT molecular complexity index is 1250. The van der Waals surface area contributed by atoms with E-state index in [-0.39, 0.29) is 5.54 Å². The zero-order valence-corrected chi connectivity index (χ0v) is 21.4. The van der Waals surface area contributed by atoms with Gasteiger partial charge in [0.05, 0.1) is 37.9 Å². The van der Waals surface area contributed by atoms with Gasteiger partial charge in [0.1, 0.15) is 11.3 Å². The van der Waals surface area contributed by atoms with Gasteiger partial charge in [-0.25, -0.2) is 4.98 Å². The normalized spacial score (nSPS) is 17.4. The highest BCUT2D eigenvalue weighted by atomic mass is 16.5. The molecular formula is C27H35N7O2. The van der Waals surface area contributed by atoms with Crippen LogP contribution in [0.15, 0.2) is 24.5 Å². The summed E-state index contributed by atoms with van der Waals surface area (Å²) in [7, 11) is 1.66. The van der Waals surface area contributed by atoms with Crippen LogP contribution in [-0.4, -0.2) is 69.8 Å². The van der Waals surface area contributed by atoms with Crippen molar-refractivity contribution >= 4 is 28.6 Å². The van der Waals surface area contributed by atoms with Crippen molar-refractivity contribution in [3.05, 3.63) is 30.1 Å². The molecule has 1 aromatic carbocycles. The average molecular weight is 490 g/mol. The van der Waals surface area contributed by atoms with Crippen molar-refractivity contribution in [3.63, 3.8) is 0 Å². The molecule has 9 nitrogen and oxygen atoms in total. The lowest BCUT2D eigenvalue weighted by molar-refractivity contribution is 0.00739. The number of hydrogen-bond donors (Lipinski definition) is 3. The molecule has 0 bridgehead atoms. The first-order valence-corrected chi connectivity index (χ1v) is 12.8. The highest BCUT2D eigenvalue weighted by molar-refractivity contribution is 5.84. The fraction of sp³-hybridized carbons (Fsp3) is 0.519. The Morgan fingerprint density at radius 3 is 2.72 bits per heavy atom. The van der Waals surface area contributed by atoms with Gasteiger partial charge in [-0.15, -0.1) is 0 Å². The van der Waals surface area contributed by atoms with Crippen LogP contribution in [0.3, 0.4) is 0 Å². The van der Waals surface area contributed by atoms with E-state index in [9.17, 15) is 0 Å². The highest BCUT2D eigenvalue weighted by Gasteiger charge is 2.26. The maximum absolute atomic E-state index is 5.68. The molecular weight excluding hydrogens is 454 g/mol. The number of benzene rings is 1. The van der Waals surface area contributed by atoms with E-state index in [1.54, 1.807) is 13.4 Å². The summed E-state index contributed by atoms with van der Waals surface area (Å²) < 4.78 is 11.2. The van der Waals surface area contributed by atoms with E-state index in [0.717, 1.165) is 61.7 Å². The number of nitrogens with one attached hydrogen (secondary N) is 3. The van der Waals surface area contributed by atoms with E-state index in [4.69, 9.17) is 14.5 Å². The Labute approximate surface area is 212 Å². The Hall–Kier alpha value is -3.35. The van der Waals surface area contributed by atoms with Crippen LogP contribution in [0.4, 0.5) is 17.5 Å². The summed E-state index contributed by atoms with van der Waals surface area (Å²) in [6.45, 7) is 7.60. The zero-order chi connectivity index (χ0) is 25.0. The maximum Gasteiger partial charge on any atom is 0.231 e. The summed E-state index contributed by atoms with van der Waals surface area (Å²) in [5.41, 5.74) is 2.88. The molecule has 1 aliphatic heterocycles. The molecule has 1 aliphatic carbocycles. The molecule has 1 saturated heterocycles. The molecule has 3 heterocycles. The summed E-state index contributed by atoms with van der Waals surface area (Å²) in [5.74, 6) is 8.67. The van der Waals surface area contributed by atoms with Gasteiger partial charge in [-0.2, -0.15) is 9.97 Å². The average Bonchev–Trinajstić information content (AvgIpc) is 3.38. The van der Waals surface area contributed by atoms with E-state index in [1.807, 2.05) is 18.2 Å². The van der Waals surface area contributed by atoms with Crippen molar-refractivity contribution in [2.75, 3.05) is 44.0 Å². The van der Waals surface area contributed by atoms with Gasteiger partial charge in [-0.05, 0) is 44.9 Å². The molecule has 0 atom stereocenters. The molecule has 0 unspecified atom stereocenters. The first-order chi connectivity index (χ1) is 17.5. The summed E-state index contributed by atoms with van der Waals surface area (Å²) in [5, 5.41) is 6.93. The Morgan fingerprint density at radius 1 is 1.14 bits per heavy atom. The fourth-order valence-electron chi connectivity index (χ4n) is 4.85. The number of ether oxygens (including phenoxy) is 2. The molecule has 5 rings (SSSR count). The first-order valence-electron chi connectivity index (χ1n) is 12.8. The molecule has 1 saturated carbocycles. The van der Waals surface area contributed by atoms with E-state index in [0.29, 0.717) is 23.4 Å². The van der Waals surface area contributed by atoms with Gasteiger partial charge in [-0.1, -0.05) is 31.1 Å². The first kappa shape index (κ1) is 24.3. The molecule has 9 heteroatoms. The van der Waals surface area contributed by atoms with E-state index in [1.165, 1.54) is 19.3 Å². The van der Waals surface area contributed by atoms with Gasteiger partial charge in [0, 0.05) is 24.7 Å². The summed E-state index contributed by atoms with van der Waals surface area (Å²) in [6.07, 6.45) is 7.75. The van der Waals surface area contributed by atoms with Crippen molar-refractivity contribution in [1.29, 1.82) is 0 Å². The lowest BCUT2D eigenvalue weighted by atomic mass is 9.95. The van der Waals surface area contributed by atoms with Gasteiger partial charge >= 0.3 is 0 Å². The topological polar surface area (TPSA) is 100 Å². The van der Waals surface area contributed by atoms with Gasteiger partial charge in [-0.3, -0.25) is 4.90 Å². The van der Waals surface area contributed by atoms with Crippen molar-refractivity contribution in [2.24, 2.45) is 0 Å². The second-order valence-electron chi connectivity index (χ2n) is 9.92. The lowest BCUT2D eigenvalue weighted by Crippen LogP contribution is -2.49. The Kier molecular flexibility index (Phi) is 7.25. The van der Waals surface area contributed by atoms with Crippen LogP contribution in [-0.2, 0) is 4.74 Å². The number of aromatic amines is 1. The Morgan fingerprint density at radius 2 is 1.94 bits per heavy atom. The predicted octanol–water partition coefficient (Wildman–Crippen LogP) is 4.31. The summed E-state index contributed by atoms with van der Waals surface area (Å²) >= 11 is 0. The minimum Gasteiger partial charge on any atom is -0.495 e. The molecule has 2 aliphatic rings. The van der Waals surface area contributed by atoms with Gasteiger partial charge < -0.3 is 25.1 Å². The quantitative estimate of drug-likeness (QED) is 0.441. The number of fused-ring (bicyclic) bond motifs is 1. The number of methoxy groups -OCH3 is 1. The number of aromatic nitrogens is 4. The second-order valence-corrected chi connectivity index (χ2v) is 9.92. The zero-order valence-electron chi connectivity index (χ0n) is 21.4. The molecule has 36 heavy (non-hydrogen) atoms. The summed E-state index contributed by atoms with van der Waals surface area (Å²) in [6, 6.07) is 6.30. The molecule has 0 amide bonds. The van der Waals surface area contributed by atoms with Crippen molar-refractivity contribution in [1.82, 2.24) is 24.8 Å². The van der Waals surface area contributed by atoms with Gasteiger partial charge in [0.15, 0.2) is 11.5 Å². The van der Waals surface area contributed by atoms with E-state index >= 15 is 0 Å². The predicted molar refractivity (Wildman–Crippen MR) is 142 cm³/mol. The molecule has 190 valence electrons. The number of hydrogen-bond acceptors (Lipinski definition) is 8. The number of morpholine rings is 1. The SMILES string of the molecule is COc1cc(C#CC(C)(C)N2CCOCC2)ccc1Nc1nc(NC2CCCCC2)c2nc[nH]c2n1. The highest BCUT2D eigenvalue weighted by Crippen LogP contribution is 2.30. The van der Waals surface area contributed by atoms with E-state index in [2.05, 4.69) is 56.2 Å².